The third-order valence-corrected chi connectivity index (χ3v) is 6.91. The summed E-state index contributed by atoms with van der Waals surface area (Å²) in [5.74, 6) is 7.89. The SMILES string of the molecule is CCC1CCC(C2CCc3c(ccc(C#Cc4ccc(F)cc4)c3F)C2)CC1. The zero-order valence-electron chi connectivity index (χ0n) is 16.6. The highest BCUT2D eigenvalue weighted by molar-refractivity contribution is 5.47. The smallest absolute Gasteiger partial charge is 0.142 e. The largest absolute Gasteiger partial charge is 0.207 e. The Morgan fingerprint density at radius 1 is 0.857 bits per heavy atom. The van der Waals surface area contributed by atoms with E-state index < -0.39 is 0 Å². The van der Waals surface area contributed by atoms with Gasteiger partial charge in [0.15, 0.2) is 0 Å². The summed E-state index contributed by atoms with van der Waals surface area (Å²) in [5, 5.41) is 0. The molecule has 0 spiro atoms. The van der Waals surface area contributed by atoms with Crippen molar-refractivity contribution < 1.29 is 8.78 Å². The highest BCUT2D eigenvalue weighted by atomic mass is 19.1. The van der Waals surface area contributed by atoms with Gasteiger partial charge in [-0.05, 0) is 91.3 Å². The lowest BCUT2D eigenvalue weighted by Gasteiger charge is -2.36. The Kier molecular flexibility index (Phi) is 5.81. The number of hydrogen-bond donors (Lipinski definition) is 0. The summed E-state index contributed by atoms with van der Waals surface area (Å²) in [6.45, 7) is 2.31. The van der Waals surface area contributed by atoms with Crippen LogP contribution in [0.2, 0.25) is 0 Å². The third kappa shape index (κ3) is 4.14. The van der Waals surface area contributed by atoms with E-state index >= 15 is 4.39 Å². The fourth-order valence-electron chi connectivity index (χ4n) is 5.08. The average molecular weight is 379 g/mol. The molecule has 0 N–H and O–H groups in total. The lowest BCUT2D eigenvalue weighted by atomic mass is 9.69. The van der Waals surface area contributed by atoms with Gasteiger partial charge in [0.2, 0.25) is 0 Å². The van der Waals surface area contributed by atoms with Gasteiger partial charge in [0, 0.05) is 5.56 Å². The molecule has 2 aromatic rings. The molecule has 0 nitrogen and oxygen atoms in total. The number of benzene rings is 2. The van der Waals surface area contributed by atoms with Crippen molar-refractivity contribution in [3.05, 3.63) is 70.3 Å². The van der Waals surface area contributed by atoms with Gasteiger partial charge < -0.3 is 0 Å². The minimum absolute atomic E-state index is 0.153. The first-order chi connectivity index (χ1) is 13.6. The Hall–Kier alpha value is -2.14. The molecule has 1 fully saturated rings. The molecule has 1 atom stereocenters. The van der Waals surface area contributed by atoms with Gasteiger partial charge in [0.05, 0.1) is 5.56 Å². The molecule has 0 aliphatic heterocycles. The molecule has 2 aromatic carbocycles. The van der Waals surface area contributed by atoms with Crippen molar-refractivity contribution in [3.63, 3.8) is 0 Å². The molecule has 28 heavy (non-hydrogen) atoms. The van der Waals surface area contributed by atoms with Crippen LogP contribution in [0.5, 0.6) is 0 Å². The monoisotopic (exact) mass is 378 g/mol. The maximum atomic E-state index is 15.0. The van der Waals surface area contributed by atoms with E-state index in [0.29, 0.717) is 17.0 Å². The number of rotatable bonds is 2. The van der Waals surface area contributed by atoms with E-state index in [9.17, 15) is 4.39 Å². The molecule has 0 heterocycles. The first-order valence-electron chi connectivity index (χ1n) is 10.7. The van der Waals surface area contributed by atoms with Gasteiger partial charge in [0.1, 0.15) is 11.6 Å². The van der Waals surface area contributed by atoms with Crippen LogP contribution in [0.3, 0.4) is 0 Å². The summed E-state index contributed by atoms with van der Waals surface area (Å²) in [4.78, 5) is 0. The van der Waals surface area contributed by atoms with Gasteiger partial charge in [0.25, 0.3) is 0 Å². The molecule has 0 bridgehead atoms. The van der Waals surface area contributed by atoms with Crippen LogP contribution in [-0.2, 0) is 12.8 Å². The first-order valence-corrected chi connectivity index (χ1v) is 10.7. The quantitative estimate of drug-likeness (QED) is 0.511. The van der Waals surface area contributed by atoms with Gasteiger partial charge in [-0.25, -0.2) is 8.78 Å². The van der Waals surface area contributed by atoms with E-state index in [1.54, 1.807) is 12.1 Å². The van der Waals surface area contributed by atoms with Crippen LogP contribution in [0.1, 0.15) is 67.7 Å². The summed E-state index contributed by atoms with van der Waals surface area (Å²) in [5.41, 5.74) is 3.19. The topological polar surface area (TPSA) is 0 Å². The highest BCUT2D eigenvalue weighted by Crippen LogP contribution is 2.40. The predicted octanol–water partition coefficient (Wildman–Crippen LogP) is 6.69. The van der Waals surface area contributed by atoms with Crippen molar-refractivity contribution in [2.75, 3.05) is 0 Å². The predicted molar refractivity (Wildman–Crippen MR) is 110 cm³/mol. The van der Waals surface area contributed by atoms with Gasteiger partial charge in [-0.2, -0.15) is 0 Å². The average Bonchev–Trinajstić information content (AvgIpc) is 2.74. The van der Waals surface area contributed by atoms with Crippen molar-refractivity contribution in [1.29, 1.82) is 0 Å². The second-order valence-corrected chi connectivity index (χ2v) is 8.51. The van der Waals surface area contributed by atoms with E-state index in [0.717, 1.165) is 36.7 Å². The van der Waals surface area contributed by atoms with Crippen molar-refractivity contribution in [2.24, 2.45) is 17.8 Å². The molecule has 2 aliphatic carbocycles. The summed E-state index contributed by atoms with van der Waals surface area (Å²) in [6.07, 6.45) is 9.69. The maximum Gasteiger partial charge on any atom is 0.142 e. The Morgan fingerprint density at radius 3 is 2.32 bits per heavy atom. The second-order valence-electron chi connectivity index (χ2n) is 8.51. The van der Waals surface area contributed by atoms with Crippen LogP contribution < -0.4 is 0 Å². The normalized spacial score (nSPS) is 24.2. The highest BCUT2D eigenvalue weighted by Gasteiger charge is 2.30. The molecule has 1 unspecified atom stereocenters. The lowest BCUT2D eigenvalue weighted by Crippen LogP contribution is -2.27. The second kappa shape index (κ2) is 8.48. The Labute approximate surface area is 167 Å². The summed E-state index contributed by atoms with van der Waals surface area (Å²) < 4.78 is 28.0. The number of fused-ring (bicyclic) bond motifs is 1. The van der Waals surface area contributed by atoms with Crippen LogP contribution in [-0.4, -0.2) is 0 Å². The Morgan fingerprint density at radius 2 is 1.61 bits per heavy atom. The van der Waals surface area contributed by atoms with E-state index in [-0.39, 0.29) is 11.6 Å². The fourth-order valence-corrected chi connectivity index (χ4v) is 5.08. The van der Waals surface area contributed by atoms with Gasteiger partial charge in [-0.1, -0.05) is 44.1 Å². The fraction of sp³-hybridized carbons (Fsp3) is 0.462. The lowest BCUT2D eigenvalue weighted by molar-refractivity contribution is 0.186. The molecule has 0 amide bonds. The van der Waals surface area contributed by atoms with Crippen LogP contribution in [0, 0.1) is 41.2 Å². The van der Waals surface area contributed by atoms with E-state index in [1.807, 2.05) is 6.07 Å². The minimum atomic E-state index is -0.289. The van der Waals surface area contributed by atoms with Gasteiger partial charge in [-0.3, -0.25) is 0 Å². The van der Waals surface area contributed by atoms with Crippen LogP contribution in [0.25, 0.3) is 0 Å². The Bertz CT molecular complexity index is 877. The van der Waals surface area contributed by atoms with Crippen molar-refractivity contribution in [3.8, 4) is 11.8 Å². The third-order valence-electron chi connectivity index (χ3n) is 6.91. The van der Waals surface area contributed by atoms with Gasteiger partial charge in [-0.15, -0.1) is 0 Å². The summed E-state index contributed by atoms with van der Waals surface area (Å²) in [6, 6.07) is 9.90. The van der Waals surface area contributed by atoms with E-state index in [4.69, 9.17) is 0 Å². The van der Waals surface area contributed by atoms with E-state index in [2.05, 4.69) is 24.8 Å². The van der Waals surface area contributed by atoms with Crippen molar-refractivity contribution in [1.82, 2.24) is 0 Å². The van der Waals surface area contributed by atoms with Gasteiger partial charge >= 0.3 is 0 Å². The van der Waals surface area contributed by atoms with Crippen LogP contribution in [0.15, 0.2) is 36.4 Å². The van der Waals surface area contributed by atoms with Crippen molar-refractivity contribution >= 4 is 0 Å². The molecule has 0 aromatic heterocycles. The number of hydrogen-bond acceptors (Lipinski definition) is 0. The summed E-state index contributed by atoms with van der Waals surface area (Å²) >= 11 is 0. The van der Waals surface area contributed by atoms with E-state index in [1.165, 1.54) is 49.8 Å². The molecule has 2 heteroatoms. The molecule has 2 aliphatic rings. The molecule has 0 radical (unpaired) electrons. The molecule has 0 saturated heterocycles. The molecule has 1 saturated carbocycles. The zero-order chi connectivity index (χ0) is 19.5. The number of halogens is 2. The van der Waals surface area contributed by atoms with Crippen LogP contribution in [0.4, 0.5) is 8.78 Å². The minimum Gasteiger partial charge on any atom is -0.207 e. The molecular formula is C26H28F2. The Balaban J connectivity index is 1.48. The summed E-state index contributed by atoms with van der Waals surface area (Å²) in [7, 11) is 0. The zero-order valence-corrected chi connectivity index (χ0v) is 16.6. The maximum absolute atomic E-state index is 15.0. The first kappa shape index (κ1) is 19.2. The molecule has 146 valence electrons. The standard InChI is InChI=1S/C26H28F2/c1-2-18-3-8-20(9-4-18)22-13-16-25-23(17-22)12-11-21(26(25)28)10-5-19-6-14-24(27)15-7-19/h6-7,11-12,14-15,18,20,22H,2-4,8-9,13,16-17H2,1H3. The van der Waals surface area contributed by atoms with Crippen molar-refractivity contribution in [2.45, 2.75) is 58.3 Å². The molecule has 4 rings (SSSR count). The molecular weight excluding hydrogens is 350 g/mol. The van der Waals surface area contributed by atoms with Crippen LogP contribution >= 0.6 is 0 Å².